The standard InChI is InChI=1S/C19H15F2N7S/c1-9(15-13(20)7-14-11(16(15)21)5-4-6-22-14)17-23-24-19-28(17)26-18(29-19)12-8-27(3)25-10(12)2/h4-9H,1-3H3. The van der Waals surface area contributed by atoms with Gasteiger partial charge in [-0.05, 0) is 19.1 Å². The van der Waals surface area contributed by atoms with Gasteiger partial charge in [0.2, 0.25) is 4.96 Å². The average Bonchev–Trinajstić information content (AvgIpc) is 3.35. The monoisotopic (exact) mass is 411 g/mol. The molecule has 29 heavy (non-hydrogen) atoms. The third-order valence-corrected chi connectivity index (χ3v) is 5.84. The Balaban J connectivity index is 1.65. The minimum atomic E-state index is -0.695. The molecule has 10 heteroatoms. The number of aromatic nitrogens is 7. The highest BCUT2D eigenvalue weighted by Crippen LogP contribution is 2.34. The van der Waals surface area contributed by atoms with Crippen molar-refractivity contribution in [3.8, 4) is 10.6 Å². The Morgan fingerprint density at radius 2 is 2.00 bits per heavy atom. The highest BCUT2D eigenvalue weighted by Gasteiger charge is 2.26. The Bertz CT molecular complexity index is 1380. The maximum atomic E-state index is 15.1. The van der Waals surface area contributed by atoms with E-state index in [1.807, 2.05) is 20.2 Å². The van der Waals surface area contributed by atoms with Gasteiger partial charge < -0.3 is 0 Å². The van der Waals surface area contributed by atoms with E-state index in [9.17, 15) is 4.39 Å². The van der Waals surface area contributed by atoms with Gasteiger partial charge in [0.1, 0.15) is 11.6 Å². The van der Waals surface area contributed by atoms with Gasteiger partial charge in [0.25, 0.3) is 0 Å². The summed E-state index contributed by atoms with van der Waals surface area (Å²) in [6.07, 6.45) is 3.38. The number of halogens is 2. The molecule has 1 aromatic carbocycles. The highest BCUT2D eigenvalue weighted by molar-refractivity contribution is 7.19. The number of aryl methyl sites for hydroxylation is 2. The Morgan fingerprint density at radius 3 is 2.76 bits per heavy atom. The summed E-state index contributed by atoms with van der Waals surface area (Å²) >= 11 is 1.35. The molecule has 0 bridgehead atoms. The normalized spacial score (nSPS) is 12.9. The molecule has 5 aromatic rings. The van der Waals surface area contributed by atoms with Crippen LogP contribution in [0.15, 0.2) is 30.6 Å². The number of nitrogens with zero attached hydrogens (tertiary/aromatic N) is 7. The average molecular weight is 411 g/mol. The molecule has 0 radical (unpaired) electrons. The van der Waals surface area contributed by atoms with Gasteiger partial charge in [0, 0.05) is 42.4 Å². The van der Waals surface area contributed by atoms with Crippen LogP contribution in [0.4, 0.5) is 8.78 Å². The van der Waals surface area contributed by atoms with Crippen LogP contribution in [0.25, 0.3) is 26.4 Å². The topological polar surface area (TPSA) is 73.8 Å². The number of benzene rings is 1. The number of hydrogen-bond acceptors (Lipinski definition) is 6. The van der Waals surface area contributed by atoms with Crippen molar-refractivity contribution in [3.63, 3.8) is 0 Å². The molecule has 7 nitrogen and oxygen atoms in total. The van der Waals surface area contributed by atoms with Gasteiger partial charge in [0.15, 0.2) is 10.8 Å². The molecule has 5 rings (SSSR count). The third kappa shape index (κ3) is 2.70. The first-order chi connectivity index (χ1) is 13.9. The van der Waals surface area contributed by atoms with Crippen LogP contribution >= 0.6 is 11.3 Å². The maximum absolute atomic E-state index is 15.1. The SMILES string of the molecule is Cc1nn(C)cc1-c1nn2c(C(C)c3c(F)cc4ncccc4c3F)nnc2s1. The first-order valence-corrected chi connectivity index (χ1v) is 9.71. The zero-order chi connectivity index (χ0) is 20.3. The number of fused-ring (bicyclic) bond motifs is 2. The quantitative estimate of drug-likeness (QED) is 0.451. The fourth-order valence-corrected chi connectivity index (χ4v) is 4.42. The molecule has 0 N–H and O–H groups in total. The second-order valence-corrected chi connectivity index (χ2v) is 7.80. The summed E-state index contributed by atoms with van der Waals surface area (Å²) in [5.41, 5.74) is 1.92. The summed E-state index contributed by atoms with van der Waals surface area (Å²) in [6, 6.07) is 4.45. The van der Waals surface area contributed by atoms with Crippen LogP contribution in [0.1, 0.15) is 29.9 Å². The van der Waals surface area contributed by atoms with Crippen LogP contribution in [0.5, 0.6) is 0 Å². The molecule has 0 aliphatic carbocycles. The van der Waals surface area contributed by atoms with E-state index in [1.165, 1.54) is 23.6 Å². The van der Waals surface area contributed by atoms with Gasteiger partial charge in [-0.1, -0.05) is 18.3 Å². The van der Waals surface area contributed by atoms with Gasteiger partial charge in [0.05, 0.1) is 16.8 Å². The molecule has 0 aliphatic heterocycles. The molecule has 4 aromatic heterocycles. The van der Waals surface area contributed by atoms with Crippen molar-refractivity contribution in [3.05, 3.63) is 59.3 Å². The van der Waals surface area contributed by atoms with E-state index in [0.29, 0.717) is 10.8 Å². The molecule has 0 amide bonds. The number of rotatable bonds is 3. The van der Waals surface area contributed by atoms with E-state index in [0.717, 1.165) is 16.3 Å². The minimum Gasteiger partial charge on any atom is -0.275 e. The van der Waals surface area contributed by atoms with Crippen molar-refractivity contribution < 1.29 is 8.78 Å². The Morgan fingerprint density at radius 1 is 1.17 bits per heavy atom. The van der Waals surface area contributed by atoms with Gasteiger partial charge in [-0.2, -0.15) is 14.7 Å². The largest absolute Gasteiger partial charge is 0.275 e. The predicted octanol–water partition coefficient (Wildman–Crippen LogP) is 3.87. The van der Waals surface area contributed by atoms with E-state index in [-0.39, 0.29) is 16.5 Å². The molecule has 4 heterocycles. The zero-order valence-electron chi connectivity index (χ0n) is 15.8. The number of pyridine rings is 1. The first kappa shape index (κ1) is 17.8. The molecule has 1 unspecified atom stereocenters. The molecule has 1 atom stereocenters. The Labute approximate surface area is 167 Å². The highest BCUT2D eigenvalue weighted by atomic mass is 32.1. The Kier molecular flexibility index (Phi) is 3.91. The van der Waals surface area contributed by atoms with Crippen molar-refractivity contribution in [2.45, 2.75) is 19.8 Å². The summed E-state index contributed by atoms with van der Waals surface area (Å²) in [5.74, 6) is -1.64. The van der Waals surface area contributed by atoms with Gasteiger partial charge in [-0.25, -0.2) is 8.78 Å². The fourth-order valence-electron chi connectivity index (χ4n) is 3.51. The van der Waals surface area contributed by atoms with Crippen LogP contribution in [0, 0.1) is 18.6 Å². The van der Waals surface area contributed by atoms with Crippen molar-refractivity contribution in [1.29, 1.82) is 0 Å². The van der Waals surface area contributed by atoms with E-state index >= 15 is 4.39 Å². The lowest BCUT2D eigenvalue weighted by Crippen LogP contribution is -2.08. The lowest BCUT2D eigenvalue weighted by Gasteiger charge is -2.13. The van der Waals surface area contributed by atoms with Crippen LogP contribution in [-0.2, 0) is 7.05 Å². The Hall–Kier alpha value is -3.27. The zero-order valence-corrected chi connectivity index (χ0v) is 16.6. The van der Waals surface area contributed by atoms with Crippen molar-refractivity contribution >= 4 is 27.2 Å². The third-order valence-electron chi connectivity index (χ3n) is 4.91. The lowest BCUT2D eigenvalue weighted by molar-refractivity contribution is 0.547. The summed E-state index contributed by atoms with van der Waals surface area (Å²) in [4.78, 5) is 4.58. The minimum absolute atomic E-state index is 0.0769. The van der Waals surface area contributed by atoms with E-state index < -0.39 is 17.6 Å². The molecular weight excluding hydrogens is 396 g/mol. The van der Waals surface area contributed by atoms with E-state index in [1.54, 1.807) is 28.3 Å². The van der Waals surface area contributed by atoms with Crippen molar-refractivity contribution in [1.82, 2.24) is 34.6 Å². The van der Waals surface area contributed by atoms with Crippen LogP contribution in [0.2, 0.25) is 0 Å². The van der Waals surface area contributed by atoms with E-state index in [4.69, 9.17) is 0 Å². The second kappa shape index (κ2) is 6.38. The lowest BCUT2D eigenvalue weighted by atomic mass is 9.97. The molecule has 0 spiro atoms. The van der Waals surface area contributed by atoms with Gasteiger partial charge >= 0.3 is 0 Å². The summed E-state index contributed by atoms with van der Waals surface area (Å²) in [6.45, 7) is 3.59. The summed E-state index contributed by atoms with van der Waals surface area (Å²) in [5, 5.41) is 18.2. The predicted molar refractivity (Wildman–Crippen MR) is 105 cm³/mol. The number of hydrogen-bond donors (Lipinski definition) is 0. The van der Waals surface area contributed by atoms with Gasteiger partial charge in [-0.15, -0.1) is 10.2 Å². The molecule has 0 saturated carbocycles. The van der Waals surface area contributed by atoms with Crippen LogP contribution in [-0.4, -0.2) is 34.6 Å². The van der Waals surface area contributed by atoms with Crippen LogP contribution < -0.4 is 0 Å². The first-order valence-electron chi connectivity index (χ1n) is 8.89. The molecule has 0 saturated heterocycles. The molecule has 146 valence electrons. The maximum Gasteiger partial charge on any atom is 0.235 e. The summed E-state index contributed by atoms with van der Waals surface area (Å²) in [7, 11) is 1.84. The van der Waals surface area contributed by atoms with E-state index in [2.05, 4.69) is 25.4 Å². The van der Waals surface area contributed by atoms with Crippen molar-refractivity contribution in [2.75, 3.05) is 0 Å². The fraction of sp³-hybridized carbons (Fsp3) is 0.211. The summed E-state index contributed by atoms with van der Waals surface area (Å²) < 4.78 is 33.2. The second-order valence-electron chi connectivity index (χ2n) is 6.84. The molecule has 0 aliphatic rings. The molecule has 0 fully saturated rings. The smallest absolute Gasteiger partial charge is 0.235 e. The van der Waals surface area contributed by atoms with Crippen molar-refractivity contribution in [2.24, 2.45) is 7.05 Å². The van der Waals surface area contributed by atoms with Crippen LogP contribution in [0.3, 0.4) is 0 Å². The molecular formula is C19H15F2N7S. The van der Waals surface area contributed by atoms with Gasteiger partial charge in [-0.3, -0.25) is 9.67 Å².